The lowest BCUT2D eigenvalue weighted by Gasteiger charge is -2.09. The second kappa shape index (κ2) is 7.94. The normalized spacial score (nSPS) is 10.8. The van der Waals surface area contributed by atoms with Crippen molar-refractivity contribution in [1.82, 2.24) is 14.6 Å². The third-order valence-corrected chi connectivity index (χ3v) is 4.60. The number of aromatic nitrogens is 3. The number of hydrogen-bond donors (Lipinski definition) is 1. The Morgan fingerprint density at radius 1 is 1.22 bits per heavy atom. The van der Waals surface area contributed by atoms with Crippen LogP contribution in [0.4, 0.5) is 5.82 Å². The molecule has 27 heavy (non-hydrogen) atoms. The van der Waals surface area contributed by atoms with Crippen LogP contribution >= 0.6 is 23.2 Å². The SMILES string of the molecule is CCOC(=O)c1cc2c(C(=O)Cc3c(Cl)cncc3Cl)ccc(NC)n2n1. The molecular weight excluding hydrogens is 391 g/mol. The van der Waals surface area contributed by atoms with E-state index in [-0.39, 0.29) is 24.5 Å². The molecule has 3 aromatic heterocycles. The molecule has 3 aromatic rings. The van der Waals surface area contributed by atoms with Crippen molar-refractivity contribution in [3.63, 3.8) is 0 Å². The van der Waals surface area contributed by atoms with Crippen molar-refractivity contribution in [2.24, 2.45) is 0 Å². The van der Waals surface area contributed by atoms with E-state index in [4.69, 9.17) is 27.9 Å². The van der Waals surface area contributed by atoms with Gasteiger partial charge in [0.1, 0.15) is 5.82 Å². The fourth-order valence-corrected chi connectivity index (χ4v) is 3.17. The molecule has 7 nitrogen and oxygen atoms in total. The number of ether oxygens (including phenoxy) is 1. The number of rotatable bonds is 6. The lowest BCUT2D eigenvalue weighted by molar-refractivity contribution is 0.0519. The molecule has 0 radical (unpaired) electrons. The number of pyridine rings is 2. The van der Waals surface area contributed by atoms with E-state index in [1.165, 1.54) is 23.0 Å². The van der Waals surface area contributed by atoms with Crippen molar-refractivity contribution >= 4 is 46.3 Å². The highest BCUT2D eigenvalue weighted by Crippen LogP contribution is 2.26. The molecule has 0 aliphatic rings. The Labute approximate surface area is 165 Å². The zero-order valence-corrected chi connectivity index (χ0v) is 16.1. The molecule has 1 N–H and O–H groups in total. The summed E-state index contributed by atoms with van der Waals surface area (Å²) >= 11 is 12.2. The first-order valence-corrected chi connectivity index (χ1v) is 8.90. The third kappa shape index (κ3) is 3.74. The summed E-state index contributed by atoms with van der Waals surface area (Å²) in [5.41, 5.74) is 1.49. The van der Waals surface area contributed by atoms with Crippen molar-refractivity contribution in [2.75, 3.05) is 19.0 Å². The summed E-state index contributed by atoms with van der Waals surface area (Å²) in [6.07, 6.45) is 2.87. The van der Waals surface area contributed by atoms with Crippen molar-refractivity contribution in [1.29, 1.82) is 0 Å². The minimum absolute atomic E-state index is 0.00529. The number of ketones is 1. The largest absolute Gasteiger partial charge is 0.461 e. The quantitative estimate of drug-likeness (QED) is 0.496. The predicted molar refractivity (Wildman–Crippen MR) is 103 cm³/mol. The van der Waals surface area contributed by atoms with Gasteiger partial charge in [0.2, 0.25) is 0 Å². The zero-order chi connectivity index (χ0) is 19.6. The standard InChI is InChI=1S/C18H16Cl2N4O3/c1-3-27-18(26)14-7-15-10(4-5-17(21-2)24(15)23-14)16(25)6-11-12(19)8-22-9-13(11)20/h4-5,7-9,21H,3,6H2,1-2H3. The first kappa shape index (κ1) is 19.1. The lowest BCUT2D eigenvalue weighted by atomic mass is 10.0. The van der Waals surface area contributed by atoms with E-state index in [1.807, 2.05) is 0 Å². The van der Waals surface area contributed by atoms with Crippen LogP contribution in [0, 0.1) is 0 Å². The Balaban J connectivity index is 2.05. The predicted octanol–water partition coefficient (Wildman–Crippen LogP) is 3.68. The molecular formula is C18H16Cl2N4O3. The molecule has 0 fully saturated rings. The summed E-state index contributed by atoms with van der Waals surface area (Å²) in [7, 11) is 1.72. The lowest BCUT2D eigenvalue weighted by Crippen LogP contribution is -2.09. The molecule has 0 aliphatic carbocycles. The molecule has 0 saturated heterocycles. The van der Waals surface area contributed by atoms with Crippen LogP contribution in [0.1, 0.15) is 33.3 Å². The van der Waals surface area contributed by atoms with Crippen LogP contribution in [-0.2, 0) is 11.2 Å². The van der Waals surface area contributed by atoms with Crippen LogP contribution in [0.15, 0.2) is 30.6 Å². The molecule has 0 amide bonds. The second-order valence-electron chi connectivity index (χ2n) is 5.61. The van der Waals surface area contributed by atoms with Gasteiger partial charge in [-0.3, -0.25) is 9.78 Å². The number of Topliss-reactive ketones (excluding diaryl/α,β-unsaturated/α-hetero) is 1. The zero-order valence-electron chi connectivity index (χ0n) is 14.6. The molecule has 3 heterocycles. The van der Waals surface area contributed by atoms with Gasteiger partial charge in [0.25, 0.3) is 0 Å². The van der Waals surface area contributed by atoms with E-state index < -0.39 is 5.97 Å². The molecule has 0 saturated carbocycles. The number of hydrogen-bond acceptors (Lipinski definition) is 6. The number of carbonyl (C=O) groups is 2. The number of nitrogens with one attached hydrogen (secondary N) is 1. The van der Waals surface area contributed by atoms with Gasteiger partial charge in [-0.15, -0.1) is 0 Å². The summed E-state index contributed by atoms with van der Waals surface area (Å²) in [5.74, 6) is -0.146. The van der Waals surface area contributed by atoms with Crippen LogP contribution in [0.25, 0.3) is 5.52 Å². The van der Waals surface area contributed by atoms with E-state index in [0.717, 1.165) is 0 Å². The minimum atomic E-state index is -0.554. The van der Waals surface area contributed by atoms with Gasteiger partial charge in [-0.1, -0.05) is 23.2 Å². The number of carbonyl (C=O) groups excluding carboxylic acids is 2. The average molecular weight is 407 g/mol. The highest BCUT2D eigenvalue weighted by atomic mass is 35.5. The van der Waals surface area contributed by atoms with E-state index in [0.29, 0.717) is 32.5 Å². The first-order chi connectivity index (χ1) is 13.0. The summed E-state index contributed by atoms with van der Waals surface area (Å²) < 4.78 is 6.49. The van der Waals surface area contributed by atoms with Crippen LogP contribution in [-0.4, -0.2) is 40.0 Å². The van der Waals surface area contributed by atoms with Gasteiger partial charge in [0, 0.05) is 37.0 Å². The minimum Gasteiger partial charge on any atom is -0.461 e. The van der Waals surface area contributed by atoms with Gasteiger partial charge < -0.3 is 10.1 Å². The van der Waals surface area contributed by atoms with Gasteiger partial charge >= 0.3 is 5.97 Å². The molecule has 0 bridgehead atoms. The van der Waals surface area contributed by atoms with E-state index in [1.54, 1.807) is 26.1 Å². The van der Waals surface area contributed by atoms with Gasteiger partial charge in [0.15, 0.2) is 11.5 Å². The summed E-state index contributed by atoms with van der Waals surface area (Å²) in [4.78, 5) is 28.8. The Hall–Kier alpha value is -2.64. The molecule has 0 aromatic carbocycles. The highest BCUT2D eigenvalue weighted by molar-refractivity contribution is 6.36. The van der Waals surface area contributed by atoms with Crippen LogP contribution in [0.3, 0.4) is 0 Å². The van der Waals surface area contributed by atoms with Gasteiger partial charge in [-0.25, -0.2) is 9.31 Å². The summed E-state index contributed by atoms with van der Waals surface area (Å²) in [6.45, 7) is 1.94. The average Bonchev–Trinajstić information content (AvgIpc) is 3.09. The van der Waals surface area contributed by atoms with Crippen LogP contribution in [0.2, 0.25) is 10.0 Å². The molecule has 3 rings (SSSR count). The Kier molecular flexibility index (Phi) is 5.62. The Morgan fingerprint density at radius 3 is 2.56 bits per heavy atom. The Morgan fingerprint density at radius 2 is 1.93 bits per heavy atom. The van der Waals surface area contributed by atoms with Gasteiger partial charge in [-0.2, -0.15) is 5.10 Å². The van der Waals surface area contributed by atoms with Crippen molar-refractivity contribution in [3.8, 4) is 0 Å². The maximum atomic E-state index is 12.9. The van der Waals surface area contributed by atoms with Crippen molar-refractivity contribution in [3.05, 3.63) is 57.5 Å². The van der Waals surface area contributed by atoms with Gasteiger partial charge in [0.05, 0.1) is 22.2 Å². The highest BCUT2D eigenvalue weighted by Gasteiger charge is 2.20. The molecule has 0 unspecified atom stereocenters. The number of halogens is 2. The maximum absolute atomic E-state index is 12.9. The number of fused-ring (bicyclic) bond motifs is 1. The number of anilines is 1. The Bertz CT molecular complexity index is 1010. The van der Waals surface area contributed by atoms with Crippen molar-refractivity contribution in [2.45, 2.75) is 13.3 Å². The maximum Gasteiger partial charge on any atom is 0.358 e. The second-order valence-corrected chi connectivity index (χ2v) is 6.43. The summed E-state index contributed by atoms with van der Waals surface area (Å²) in [6, 6.07) is 4.91. The van der Waals surface area contributed by atoms with E-state index in [2.05, 4.69) is 15.4 Å². The monoisotopic (exact) mass is 406 g/mol. The van der Waals surface area contributed by atoms with Crippen LogP contribution < -0.4 is 5.32 Å². The molecule has 0 spiro atoms. The number of nitrogens with zero attached hydrogens (tertiary/aromatic N) is 3. The fraction of sp³-hybridized carbons (Fsp3) is 0.222. The molecule has 0 aliphatic heterocycles. The van der Waals surface area contributed by atoms with Gasteiger partial charge in [-0.05, 0) is 25.1 Å². The number of esters is 1. The van der Waals surface area contributed by atoms with E-state index >= 15 is 0 Å². The van der Waals surface area contributed by atoms with Crippen molar-refractivity contribution < 1.29 is 14.3 Å². The smallest absolute Gasteiger partial charge is 0.358 e. The first-order valence-electron chi connectivity index (χ1n) is 8.15. The molecule has 140 valence electrons. The van der Waals surface area contributed by atoms with Crippen LogP contribution in [0.5, 0.6) is 0 Å². The molecule has 9 heteroatoms. The third-order valence-electron chi connectivity index (χ3n) is 3.95. The fourth-order valence-electron chi connectivity index (χ4n) is 2.67. The topological polar surface area (TPSA) is 85.6 Å². The van der Waals surface area contributed by atoms with E-state index in [9.17, 15) is 9.59 Å². The molecule has 0 atom stereocenters. The summed E-state index contributed by atoms with van der Waals surface area (Å²) in [5, 5.41) is 7.87.